The lowest BCUT2D eigenvalue weighted by Crippen LogP contribution is -2.17. The monoisotopic (exact) mass is 194 g/mol. The quantitative estimate of drug-likeness (QED) is 0.731. The molecule has 14 heavy (non-hydrogen) atoms. The van der Waals surface area contributed by atoms with Gasteiger partial charge in [-0.05, 0) is 12.3 Å². The Balaban J connectivity index is 2.07. The van der Waals surface area contributed by atoms with Crippen molar-refractivity contribution in [1.29, 1.82) is 0 Å². The Hall–Kier alpha value is -0.830. The van der Waals surface area contributed by atoms with E-state index >= 15 is 0 Å². The summed E-state index contributed by atoms with van der Waals surface area (Å²) in [5.74, 6) is 2.06. The Bertz CT molecular complexity index is 306. The number of hydrogen-bond donors (Lipinski definition) is 0. The summed E-state index contributed by atoms with van der Waals surface area (Å²) in [6.45, 7) is 4.21. The Morgan fingerprint density at radius 2 is 2.50 bits per heavy atom. The highest BCUT2D eigenvalue weighted by Crippen LogP contribution is 2.19. The van der Waals surface area contributed by atoms with Crippen LogP contribution in [0.3, 0.4) is 0 Å². The molecule has 0 bridgehead atoms. The Morgan fingerprint density at radius 3 is 3.29 bits per heavy atom. The van der Waals surface area contributed by atoms with Gasteiger partial charge in [0, 0.05) is 32.7 Å². The van der Waals surface area contributed by atoms with E-state index in [1.165, 1.54) is 17.9 Å². The zero-order chi connectivity index (χ0) is 9.97. The molecule has 0 saturated carbocycles. The second kappa shape index (κ2) is 4.13. The second-order valence-corrected chi connectivity index (χ2v) is 4.19. The maximum Gasteiger partial charge on any atom is 0.108 e. The summed E-state index contributed by atoms with van der Waals surface area (Å²) in [4.78, 5) is 4.61. The number of hydrogen-bond acceptors (Lipinski definition) is 2. The molecule has 78 valence electrons. The lowest BCUT2D eigenvalue weighted by molar-refractivity contribution is 0.201. The lowest BCUT2D eigenvalue weighted by Gasteiger charge is -2.19. The molecule has 1 atom stereocenters. The van der Waals surface area contributed by atoms with Crippen molar-refractivity contribution in [3.8, 4) is 0 Å². The van der Waals surface area contributed by atoms with E-state index in [2.05, 4.69) is 22.7 Å². The largest absolute Gasteiger partial charge is 0.384 e. The number of rotatable bonds is 3. The molecule has 0 saturated heterocycles. The molecule has 3 heteroatoms. The van der Waals surface area contributed by atoms with Crippen molar-refractivity contribution in [3.05, 3.63) is 17.7 Å². The smallest absolute Gasteiger partial charge is 0.108 e. The molecule has 0 N–H and O–H groups in total. The molecule has 0 amide bonds. The zero-order valence-electron chi connectivity index (χ0n) is 8.99. The van der Waals surface area contributed by atoms with E-state index in [1.54, 1.807) is 7.11 Å². The van der Waals surface area contributed by atoms with Gasteiger partial charge in [0.15, 0.2) is 0 Å². The molecule has 2 heterocycles. The van der Waals surface area contributed by atoms with Crippen LogP contribution in [0.2, 0.25) is 0 Å². The van der Waals surface area contributed by atoms with Crippen molar-refractivity contribution in [3.63, 3.8) is 0 Å². The highest BCUT2D eigenvalue weighted by molar-refractivity contribution is 5.06. The first-order valence-corrected chi connectivity index (χ1v) is 5.33. The maximum atomic E-state index is 5.05. The number of aromatic nitrogens is 2. The summed E-state index contributed by atoms with van der Waals surface area (Å²) in [6, 6.07) is 0. The molecule has 1 aliphatic rings. The minimum Gasteiger partial charge on any atom is -0.384 e. The van der Waals surface area contributed by atoms with Gasteiger partial charge in [0.1, 0.15) is 5.82 Å². The molecule has 1 aliphatic heterocycles. The molecular weight excluding hydrogens is 176 g/mol. The van der Waals surface area contributed by atoms with Crippen LogP contribution in [0.15, 0.2) is 6.20 Å². The van der Waals surface area contributed by atoms with Crippen LogP contribution in [0, 0.1) is 5.92 Å². The fourth-order valence-corrected chi connectivity index (χ4v) is 2.00. The zero-order valence-corrected chi connectivity index (χ0v) is 8.99. The van der Waals surface area contributed by atoms with E-state index < -0.39 is 0 Å². The number of aryl methyl sites for hydroxylation is 1. The predicted octanol–water partition coefficient (Wildman–Crippen LogP) is 1.65. The van der Waals surface area contributed by atoms with Crippen LogP contribution < -0.4 is 0 Å². The van der Waals surface area contributed by atoms with Crippen LogP contribution >= 0.6 is 0 Å². The first-order valence-electron chi connectivity index (χ1n) is 5.33. The van der Waals surface area contributed by atoms with Crippen LogP contribution in [-0.2, 0) is 24.1 Å². The van der Waals surface area contributed by atoms with E-state index in [-0.39, 0.29) is 0 Å². The van der Waals surface area contributed by atoms with Crippen molar-refractivity contribution >= 4 is 0 Å². The van der Waals surface area contributed by atoms with Crippen molar-refractivity contribution < 1.29 is 4.74 Å². The molecule has 3 nitrogen and oxygen atoms in total. The molecule has 0 aliphatic carbocycles. The number of imidazole rings is 1. The van der Waals surface area contributed by atoms with Crippen LogP contribution in [0.1, 0.15) is 24.9 Å². The topological polar surface area (TPSA) is 27.1 Å². The van der Waals surface area contributed by atoms with Gasteiger partial charge >= 0.3 is 0 Å². The van der Waals surface area contributed by atoms with Crippen molar-refractivity contribution in [2.24, 2.45) is 5.92 Å². The molecule has 1 unspecified atom stereocenters. The number of fused-ring (bicyclic) bond motifs is 1. The third-order valence-electron chi connectivity index (χ3n) is 2.84. The molecule has 0 radical (unpaired) electrons. The summed E-state index contributed by atoms with van der Waals surface area (Å²) in [5.41, 5.74) is 1.18. The summed E-state index contributed by atoms with van der Waals surface area (Å²) in [7, 11) is 1.73. The van der Waals surface area contributed by atoms with E-state index in [9.17, 15) is 0 Å². The van der Waals surface area contributed by atoms with Crippen molar-refractivity contribution in [2.45, 2.75) is 32.7 Å². The van der Waals surface area contributed by atoms with Crippen molar-refractivity contribution in [2.75, 3.05) is 13.7 Å². The van der Waals surface area contributed by atoms with Gasteiger partial charge in [-0.3, -0.25) is 0 Å². The third kappa shape index (κ3) is 1.98. The van der Waals surface area contributed by atoms with E-state index in [4.69, 9.17) is 4.74 Å². The van der Waals surface area contributed by atoms with Crippen molar-refractivity contribution in [1.82, 2.24) is 9.55 Å². The molecule has 0 aromatic carbocycles. The first-order chi connectivity index (χ1) is 6.79. The van der Waals surface area contributed by atoms with Gasteiger partial charge in [-0.2, -0.15) is 0 Å². The van der Waals surface area contributed by atoms with Crippen LogP contribution in [0.5, 0.6) is 0 Å². The summed E-state index contributed by atoms with van der Waals surface area (Å²) >= 11 is 0. The number of nitrogens with zero attached hydrogens (tertiary/aromatic N) is 2. The number of methoxy groups -OCH3 is 1. The normalized spacial score (nSPS) is 20.9. The average molecular weight is 194 g/mol. The fourth-order valence-electron chi connectivity index (χ4n) is 2.00. The molecular formula is C11H18N2O. The summed E-state index contributed by atoms with van der Waals surface area (Å²) in [5, 5.41) is 0. The highest BCUT2D eigenvalue weighted by Gasteiger charge is 2.16. The summed E-state index contributed by atoms with van der Waals surface area (Å²) in [6.07, 6.45) is 5.53. The first kappa shape index (κ1) is 9.71. The lowest BCUT2D eigenvalue weighted by atomic mass is 10.0. The minimum atomic E-state index is 0.770. The minimum absolute atomic E-state index is 0.770. The summed E-state index contributed by atoms with van der Waals surface area (Å²) < 4.78 is 7.35. The Morgan fingerprint density at radius 1 is 1.64 bits per heavy atom. The van der Waals surface area contributed by atoms with Gasteiger partial charge in [0.25, 0.3) is 0 Å². The average Bonchev–Trinajstić information content (AvgIpc) is 2.56. The van der Waals surface area contributed by atoms with Gasteiger partial charge in [0.2, 0.25) is 0 Å². The molecule has 1 aromatic rings. The third-order valence-corrected chi connectivity index (χ3v) is 2.84. The number of ether oxygens (including phenoxy) is 1. The predicted molar refractivity (Wildman–Crippen MR) is 55.3 cm³/mol. The van der Waals surface area contributed by atoms with Gasteiger partial charge < -0.3 is 9.30 Å². The van der Waals surface area contributed by atoms with E-state index in [0.717, 1.165) is 31.9 Å². The molecule has 0 fully saturated rings. The van der Waals surface area contributed by atoms with Gasteiger partial charge in [-0.25, -0.2) is 4.98 Å². The second-order valence-electron chi connectivity index (χ2n) is 4.19. The standard InChI is InChI=1S/C11H18N2O/c1-9-3-4-11-12-10(5-6-14-2)8-13(11)7-9/h8-9H,3-7H2,1-2H3. The van der Waals surface area contributed by atoms with Gasteiger partial charge in [-0.15, -0.1) is 0 Å². The maximum absolute atomic E-state index is 5.05. The SMILES string of the molecule is COCCc1cn2c(n1)CCC(C)C2. The highest BCUT2D eigenvalue weighted by atomic mass is 16.5. The van der Waals surface area contributed by atoms with E-state index in [0.29, 0.717) is 0 Å². The van der Waals surface area contributed by atoms with Crippen LogP contribution in [0.4, 0.5) is 0 Å². The molecule has 0 spiro atoms. The molecule has 2 rings (SSSR count). The fraction of sp³-hybridized carbons (Fsp3) is 0.727. The molecule has 1 aromatic heterocycles. The van der Waals surface area contributed by atoms with Crippen LogP contribution in [-0.4, -0.2) is 23.3 Å². The Kier molecular flexibility index (Phi) is 2.87. The van der Waals surface area contributed by atoms with Crippen LogP contribution in [0.25, 0.3) is 0 Å². The Labute approximate surface area is 85.1 Å². The van der Waals surface area contributed by atoms with E-state index in [1.807, 2.05) is 0 Å². The van der Waals surface area contributed by atoms with Gasteiger partial charge in [-0.1, -0.05) is 6.92 Å². The van der Waals surface area contributed by atoms with Gasteiger partial charge in [0.05, 0.1) is 12.3 Å².